The Labute approximate surface area is 106 Å². The molecular weight excluding hydrogens is 265 g/mol. The maximum absolute atomic E-state index is 12.6. The minimum Gasteiger partial charge on any atom is -0.212 e. The van der Waals surface area contributed by atoms with Crippen molar-refractivity contribution in [2.75, 3.05) is 11.6 Å². The van der Waals surface area contributed by atoms with Crippen molar-refractivity contribution in [2.45, 2.75) is 13.5 Å². The van der Waals surface area contributed by atoms with Gasteiger partial charge >= 0.3 is 0 Å². The minimum absolute atomic E-state index is 0.00229. The molecule has 96 valence electrons. The third-order valence-electron chi connectivity index (χ3n) is 2.18. The van der Waals surface area contributed by atoms with E-state index in [2.05, 4.69) is 4.72 Å². The fourth-order valence-electron chi connectivity index (χ4n) is 1.27. The van der Waals surface area contributed by atoms with E-state index in [1.165, 1.54) is 12.1 Å². The average Bonchev–Trinajstić information content (AvgIpc) is 2.28. The van der Waals surface area contributed by atoms with Gasteiger partial charge in [-0.15, -0.1) is 11.6 Å². The van der Waals surface area contributed by atoms with Crippen molar-refractivity contribution in [3.8, 4) is 0 Å². The third-order valence-corrected chi connectivity index (χ3v) is 4.30. The molecule has 0 aliphatic heterocycles. The predicted molar refractivity (Wildman–Crippen MR) is 66.9 cm³/mol. The summed E-state index contributed by atoms with van der Waals surface area (Å²) in [6, 6.07) is 5.68. The maximum Gasteiger partial charge on any atom is 0.212 e. The van der Waals surface area contributed by atoms with Crippen LogP contribution in [-0.4, -0.2) is 20.1 Å². The molecule has 0 spiro atoms. The van der Waals surface area contributed by atoms with Gasteiger partial charge in [0, 0.05) is 12.4 Å². The van der Waals surface area contributed by atoms with Gasteiger partial charge in [-0.3, -0.25) is 0 Å². The maximum atomic E-state index is 12.6. The highest BCUT2D eigenvalue weighted by molar-refractivity contribution is 7.89. The molecule has 3 nitrogen and oxygen atoms in total. The normalized spacial score (nSPS) is 13.6. The topological polar surface area (TPSA) is 46.2 Å². The highest BCUT2D eigenvalue weighted by Gasteiger charge is 2.14. The average molecular weight is 280 g/mol. The van der Waals surface area contributed by atoms with Gasteiger partial charge < -0.3 is 0 Å². The number of halogens is 2. The molecule has 1 aromatic carbocycles. The molecule has 0 bridgehead atoms. The number of hydrogen-bond donors (Lipinski definition) is 1. The van der Waals surface area contributed by atoms with E-state index in [-0.39, 0.29) is 24.0 Å². The molecule has 0 aliphatic rings. The molecule has 1 aromatic rings. The highest BCUT2D eigenvalue weighted by Crippen LogP contribution is 2.05. The van der Waals surface area contributed by atoms with E-state index in [1.807, 2.05) is 0 Å². The Hall–Kier alpha value is -0.650. The summed E-state index contributed by atoms with van der Waals surface area (Å²) in [6.45, 7) is 1.93. The molecule has 1 atom stereocenters. The number of benzene rings is 1. The molecule has 1 rings (SSSR count). The Kier molecular flexibility index (Phi) is 5.36. The van der Waals surface area contributed by atoms with E-state index in [1.54, 1.807) is 19.1 Å². The van der Waals surface area contributed by atoms with Gasteiger partial charge in [0.15, 0.2) is 0 Å². The summed E-state index contributed by atoms with van der Waals surface area (Å²) >= 11 is 5.56. The smallest absolute Gasteiger partial charge is 0.212 e. The standard InChI is InChI=1S/C11H15ClFNO2S/c1-9(6-12)8-17(15,16)14-7-10-2-4-11(13)5-3-10/h2-5,9,14H,6-8H2,1H3. The highest BCUT2D eigenvalue weighted by atomic mass is 35.5. The lowest BCUT2D eigenvalue weighted by Crippen LogP contribution is -2.29. The molecule has 0 radical (unpaired) electrons. The van der Waals surface area contributed by atoms with Crippen LogP contribution in [0.2, 0.25) is 0 Å². The number of alkyl halides is 1. The van der Waals surface area contributed by atoms with E-state index in [0.29, 0.717) is 11.4 Å². The first-order valence-corrected chi connectivity index (χ1v) is 7.39. The van der Waals surface area contributed by atoms with Crippen molar-refractivity contribution >= 4 is 21.6 Å². The zero-order chi connectivity index (χ0) is 12.9. The molecule has 0 heterocycles. The van der Waals surface area contributed by atoms with Crippen LogP contribution < -0.4 is 4.72 Å². The zero-order valence-corrected chi connectivity index (χ0v) is 11.1. The van der Waals surface area contributed by atoms with Crippen LogP contribution in [0, 0.1) is 11.7 Å². The molecule has 0 aromatic heterocycles. The van der Waals surface area contributed by atoms with Gasteiger partial charge in [-0.2, -0.15) is 0 Å². The summed E-state index contributed by atoms with van der Waals surface area (Å²) in [6.07, 6.45) is 0. The van der Waals surface area contributed by atoms with E-state index >= 15 is 0 Å². The Balaban J connectivity index is 2.52. The van der Waals surface area contributed by atoms with Crippen molar-refractivity contribution in [1.82, 2.24) is 4.72 Å². The second kappa shape index (κ2) is 6.33. The number of rotatable bonds is 6. The van der Waals surface area contributed by atoms with Crippen LogP contribution >= 0.6 is 11.6 Å². The fraction of sp³-hybridized carbons (Fsp3) is 0.455. The van der Waals surface area contributed by atoms with Crippen molar-refractivity contribution in [2.24, 2.45) is 5.92 Å². The Morgan fingerprint density at radius 2 is 1.94 bits per heavy atom. The predicted octanol–water partition coefficient (Wildman–Crippen LogP) is 2.12. The van der Waals surface area contributed by atoms with E-state index < -0.39 is 10.0 Å². The van der Waals surface area contributed by atoms with Gasteiger partial charge in [-0.25, -0.2) is 17.5 Å². The van der Waals surface area contributed by atoms with Gasteiger partial charge in [-0.05, 0) is 23.6 Å². The molecule has 0 saturated heterocycles. The first-order chi connectivity index (χ1) is 7.93. The van der Waals surface area contributed by atoms with E-state index in [4.69, 9.17) is 11.6 Å². The van der Waals surface area contributed by atoms with Gasteiger partial charge in [-0.1, -0.05) is 19.1 Å². The largest absolute Gasteiger partial charge is 0.212 e. The Morgan fingerprint density at radius 1 is 1.35 bits per heavy atom. The summed E-state index contributed by atoms with van der Waals surface area (Å²) in [7, 11) is -3.33. The van der Waals surface area contributed by atoms with Crippen molar-refractivity contribution < 1.29 is 12.8 Å². The Bertz CT molecular complexity index is 447. The summed E-state index contributed by atoms with van der Waals surface area (Å²) in [4.78, 5) is 0. The quantitative estimate of drug-likeness (QED) is 0.811. The fourth-order valence-corrected chi connectivity index (χ4v) is 2.88. The summed E-state index contributed by atoms with van der Waals surface area (Å²) < 4.78 is 38.3. The van der Waals surface area contributed by atoms with Crippen LogP contribution in [0.3, 0.4) is 0 Å². The van der Waals surface area contributed by atoms with Gasteiger partial charge in [0.2, 0.25) is 10.0 Å². The van der Waals surface area contributed by atoms with Crippen LogP contribution in [0.25, 0.3) is 0 Å². The van der Waals surface area contributed by atoms with Gasteiger partial charge in [0.05, 0.1) is 5.75 Å². The Morgan fingerprint density at radius 3 is 2.47 bits per heavy atom. The zero-order valence-electron chi connectivity index (χ0n) is 9.49. The second-order valence-corrected chi connectivity index (χ2v) is 6.15. The lowest BCUT2D eigenvalue weighted by Gasteiger charge is -2.10. The summed E-state index contributed by atoms with van der Waals surface area (Å²) in [5, 5.41) is 0. The number of nitrogens with one attached hydrogen (secondary N) is 1. The lowest BCUT2D eigenvalue weighted by atomic mass is 10.2. The van der Waals surface area contributed by atoms with Crippen molar-refractivity contribution in [3.05, 3.63) is 35.6 Å². The van der Waals surface area contributed by atoms with Crippen LogP contribution in [0.15, 0.2) is 24.3 Å². The number of hydrogen-bond acceptors (Lipinski definition) is 2. The van der Waals surface area contributed by atoms with Crippen LogP contribution in [-0.2, 0) is 16.6 Å². The molecule has 1 unspecified atom stereocenters. The molecule has 0 aliphatic carbocycles. The summed E-state index contributed by atoms with van der Waals surface area (Å²) in [5.74, 6) is -0.135. The second-order valence-electron chi connectivity index (χ2n) is 3.99. The molecule has 0 amide bonds. The first-order valence-electron chi connectivity index (χ1n) is 5.20. The third kappa shape index (κ3) is 5.48. The number of sulfonamides is 1. The molecule has 6 heteroatoms. The molecule has 17 heavy (non-hydrogen) atoms. The molecular formula is C11H15ClFNO2S. The monoisotopic (exact) mass is 279 g/mol. The van der Waals surface area contributed by atoms with E-state index in [0.717, 1.165) is 0 Å². The molecule has 0 saturated carbocycles. The minimum atomic E-state index is -3.33. The molecule has 0 fully saturated rings. The van der Waals surface area contributed by atoms with E-state index in [9.17, 15) is 12.8 Å². The van der Waals surface area contributed by atoms with Crippen LogP contribution in [0.5, 0.6) is 0 Å². The summed E-state index contributed by atoms with van der Waals surface area (Å²) in [5.41, 5.74) is 0.716. The molecule has 1 N–H and O–H groups in total. The van der Waals surface area contributed by atoms with Gasteiger partial charge in [0.25, 0.3) is 0 Å². The van der Waals surface area contributed by atoms with Crippen LogP contribution in [0.1, 0.15) is 12.5 Å². The van der Waals surface area contributed by atoms with Crippen molar-refractivity contribution in [1.29, 1.82) is 0 Å². The van der Waals surface area contributed by atoms with Crippen molar-refractivity contribution in [3.63, 3.8) is 0 Å². The first kappa shape index (κ1) is 14.4. The van der Waals surface area contributed by atoms with Gasteiger partial charge in [0.1, 0.15) is 5.82 Å². The van der Waals surface area contributed by atoms with Crippen LogP contribution in [0.4, 0.5) is 4.39 Å². The lowest BCUT2D eigenvalue weighted by molar-refractivity contribution is 0.568. The SMILES string of the molecule is CC(CCl)CS(=O)(=O)NCc1ccc(F)cc1.